The van der Waals surface area contributed by atoms with Crippen LogP contribution in [0.5, 0.6) is 0 Å². The van der Waals surface area contributed by atoms with Crippen LogP contribution in [0.3, 0.4) is 0 Å². The van der Waals surface area contributed by atoms with E-state index in [2.05, 4.69) is 9.36 Å². The number of nitrogen functional groups attached to an aromatic ring is 1. The molecule has 0 bridgehead atoms. The molecule has 0 aromatic carbocycles. The predicted molar refractivity (Wildman–Crippen MR) is 75.2 cm³/mol. The van der Waals surface area contributed by atoms with Gasteiger partial charge in [0.1, 0.15) is 16.3 Å². The first-order chi connectivity index (χ1) is 9.41. The number of pyridine rings is 1. The van der Waals surface area contributed by atoms with Crippen molar-refractivity contribution in [3.8, 4) is 0 Å². The summed E-state index contributed by atoms with van der Waals surface area (Å²) in [5.74, 6) is -1.53. The number of nitrogens with zero attached hydrogens (tertiary/aromatic N) is 3. The number of aromatic nitrogens is 2. The van der Waals surface area contributed by atoms with Crippen molar-refractivity contribution in [3.05, 3.63) is 35.3 Å². The second-order valence-electron chi connectivity index (χ2n) is 4.09. The van der Waals surface area contributed by atoms with Crippen LogP contribution < -0.4 is 10.6 Å². The summed E-state index contributed by atoms with van der Waals surface area (Å²) in [6, 6.07) is 3.05. The van der Waals surface area contributed by atoms with Crippen molar-refractivity contribution in [2.45, 2.75) is 6.92 Å². The van der Waals surface area contributed by atoms with Crippen molar-refractivity contribution in [3.63, 3.8) is 0 Å². The van der Waals surface area contributed by atoms with Crippen LogP contribution in [0.25, 0.3) is 0 Å². The minimum Gasteiger partial charge on any atom is -0.478 e. The third kappa shape index (κ3) is 2.45. The topological polar surface area (TPSA) is 109 Å². The molecule has 0 aliphatic heterocycles. The summed E-state index contributed by atoms with van der Waals surface area (Å²) in [4.78, 5) is 28.6. The molecular weight excluding hydrogens is 280 g/mol. The second kappa shape index (κ2) is 5.25. The number of anilines is 2. The lowest BCUT2D eigenvalue weighted by Gasteiger charge is -2.15. The number of aryl methyl sites for hydroxylation is 1. The maximum absolute atomic E-state index is 12.2. The van der Waals surface area contributed by atoms with Gasteiger partial charge in [-0.2, -0.15) is 4.37 Å². The van der Waals surface area contributed by atoms with E-state index in [1.807, 2.05) is 0 Å². The lowest BCUT2D eigenvalue weighted by atomic mass is 10.2. The zero-order valence-electron chi connectivity index (χ0n) is 10.8. The Balaban J connectivity index is 2.36. The highest BCUT2D eigenvalue weighted by molar-refractivity contribution is 7.11. The number of carbonyl (C=O) groups is 2. The Labute approximate surface area is 118 Å². The van der Waals surface area contributed by atoms with Crippen molar-refractivity contribution in [1.82, 2.24) is 9.36 Å². The standard InChI is InChI=1S/C12H12N4O3S/c1-6-9(12(18)19)11(20-15-6)16(2)10(17)8-4-3-7(13)5-14-8/h3-5H,13H2,1-2H3,(H,18,19). The van der Waals surface area contributed by atoms with Crippen LogP contribution in [0.15, 0.2) is 18.3 Å². The van der Waals surface area contributed by atoms with Gasteiger partial charge in [-0.05, 0) is 30.6 Å². The maximum Gasteiger partial charge on any atom is 0.340 e. The summed E-state index contributed by atoms with van der Waals surface area (Å²) in [6.07, 6.45) is 1.37. The molecule has 0 atom stereocenters. The fourth-order valence-electron chi connectivity index (χ4n) is 1.63. The van der Waals surface area contributed by atoms with Gasteiger partial charge in [0.05, 0.1) is 17.6 Å². The third-order valence-electron chi connectivity index (χ3n) is 2.67. The lowest BCUT2D eigenvalue weighted by molar-refractivity contribution is 0.0697. The van der Waals surface area contributed by atoms with Gasteiger partial charge in [-0.15, -0.1) is 0 Å². The first-order valence-corrected chi connectivity index (χ1v) is 6.38. The highest BCUT2D eigenvalue weighted by atomic mass is 32.1. The summed E-state index contributed by atoms with van der Waals surface area (Å²) in [6.45, 7) is 1.59. The first-order valence-electron chi connectivity index (χ1n) is 5.61. The number of carboxylic acids is 1. The number of aromatic carboxylic acids is 1. The van der Waals surface area contributed by atoms with E-state index >= 15 is 0 Å². The SMILES string of the molecule is Cc1nsc(N(C)C(=O)c2ccc(N)cn2)c1C(=O)O. The number of rotatable bonds is 3. The van der Waals surface area contributed by atoms with Crippen LogP contribution in [0.2, 0.25) is 0 Å². The molecule has 2 heterocycles. The van der Waals surface area contributed by atoms with Crippen LogP contribution in [0.4, 0.5) is 10.7 Å². The van der Waals surface area contributed by atoms with Gasteiger partial charge < -0.3 is 10.8 Å². The Hall–Kier alpha value is -2.48. The maximum atomic E-state index is 12.2. The first kappa shape index (κ1) is 13.9. The van der Waals surface area contributed by atoms with E-state index in [0.717, 1.165) is 11.5 Å². The van der Waals surface area contributed by atoms with Gasteiger partial charge in [0, 0.05) is 7.05 Å². The van der Waals surface area contributed by atoms with Gasteiger partial charge in [-0.1, -0.05) is 0 Å². The third-order valence-corrected chi connectivity index (χ3v) is 3.69. The molecule has 0 fully saturated rings. The van der Waals surface area contributed by atoms with Gasteiger partial charge in [0.25, 0.3) is 5.91 Å². The fraction of sp³-hybridized carbons (Fsp3) is 0.167. The fourth-order valence-corrected chi connectivity index (χ4v) is 2.48. The van der Waals surface area contributed by atoms with E-state index in [-0.39, 0.29) is 16.3 Å². The van der Waals surface area contributed by atoms with Crippen LogP contribution in [0, 0.1) is 6.92 Å². The zero-order valence-corrected chi connectivity index (χ0v) is 11.6. The normalized spacial score (nSPS) is 10.3. The Morgan fingerprint density at radius 2 is 2.10 bits per heavy atom. The van der Waals surface area contributed by atoms with E-state index in [0.29, 0.717) is 11.4 Å². The molecule has 8 heteroatoms. The molecule has 2 rings (SSSR count). The molecule has 2 aromatic rings. The molecule has 1 amide bonds. The molecule has 2 aromatic heterocycles. The summed E-state index contributed by atoms with van der Waals surface area (Å²) in [7, 11) is 1.49. The van der Waals surface area contributed by atoms with E-state index in [1.54, 1.807) is 13.0 Å². The summed E-state index contributed by atoms with van der Waals surface area (Å²) in [5, 5.41) is 9.45. The Morgan fingerprint density at radius 1 is 1.40 bits per heavy atom. The summed E-state index contributed by atoms with van der Waals surface area (Å²) in [5.41, 5.74) is 6.55. The van der Waals surface area contributed by atoms with Crippen molar-refractivity contribution < 1.29 is 14.7 Å². The number of nitrogens with two attached hydrogens (primary N) is 1. The molecule has 0 aliphatic carbocycles. The van der Waals surface area contributed by atoms with Crippen molar-refractivity contribution in [2.24, 2.45) is 0 Å². The molecular formula is C12H12N4O3S. The molecule has 0 saturated heterocycles. The van der Waals surface area contributed by atoms with E-state index in [1.165, 1.54) is 24.2 Å². The Kier molecular flexibility index (Phi) is 3.66. The monoisotopic (exact) mass is 292 g/mol. The average Bonchev–Trinajstić information content (AvgIpc) is 2.80. The minimum atomic E-state index is -1.11. The molecule has 0 spiro atoms. The largest absolute Gasteiger partial charge is 0.478 e. The number of carbonyl (C=O) groups excluding carboxylic acids is 1. The molecule has 0 saturated carbocycles. The second-order valence-corrected chi connectivity index (χ2v) is 4.85. The molecule has 20 heavy (non-hydrogen) atoms. The van der Waals surface area contributed by atoms with Crippen molar-refractivity contribution in [2.75, 3.05) is 17.7 Å². The number of hydrogen-bond acceptors (Lipinski definition) is 6. The van der Waals surface area contributed by atoms with Gasteiger partial charge in [0.15, 0.2) is 0 Å². The molecule has 3 N–H and O–H groups in total. The van der Waals surface area contributed by atoms with Gasteiger partial charge in [-0.25, -0.2) is 9.78 Å². The van der Waals surface area contributed by atoms with Crippen LogP contribution in [-0.4, -0.2) is 33.4 Å². The smallest absolute Gasteiger partial charge is 0.340 e. The van der Waals surface area contributed by atoms with Gasteiger partial charge in [-0.3, -0.25) is 9.69 Å². The molecule has 0 aliphatic rings. The van der Waals surface area contributed by atoms with Gasteiger partial charge in [0.2, 0.25) is 0 Å². The van der Waals surface area contributed by atoms with E-state index < -0.39 is 11.9 Å². The summed E-state index contributed by atoms with van der Waals surface area (Å²) >= 11 is 0.961. The van der Waals surface area contributed by atoms with Crippen LogP contribution in [0.1, 0.15) is 26.5 Å². The van der Waals surface area contributed by atoms with E-state index in [9.17, 15) is 9.59 Å². The highest BCUT2D eigenvalue weighted by Crippen LogP contribution is 2.28. The number of amides is 1. The summed E-state index contributed by atoms with van der Waals surface area (Å²) < 4.78 is 3.98. The number of hydrogen-bond donors (Lipinski definition) is 2. The molecule has 0 radical (unpaired) electrons. The predicted octanol–water partition coefficient (Wildman–Crippen LogP) is 1.40. The average molecular weight is 292 g/mol. The van der Waals surface area contributed by atoms with Crippen molar-refractivity contribution in [1.29, 1.82) is 0 Å². The Bertz CT molecular complexity index is 666. The molecule has 104 valence electrons. The zero-order chi connectivity index (χ0) is 14.9. The lowest BCUT2D eigenvalue weighted by Crippen LogP contribution is -2.27. The molecule has 0 unspecified atom stereocenters. The van der Waals surface area contributed by atoms with Crippen molar-refractivity contribution >= 4 is 34.1 Å². The van der Waals surface area contributed by atoms with Gasteiger partial charge >= 0.3 is 5.97 Å². The Morgan fingerprint density at radius 3 is 2.65 bits per heavy atom. The quantitative estimate of drug-likeness (QED) is 0.885. The van der Waals surface area contributed by atoms with Crippen LogP contribution in [-0.2, 0) is 0 Å². The number of carboxylic acid groups (broad SMARTS) is 1. The highest BCUT2D eigenvalue weighted by Gasteiger charge is 2.25. The molecule has 7 nitrogen and oxygen atoms in total. The van der Waals surface area contributed by atoms with E-state index in [4.69, 9.17) is 10.8 Å². The van der Waals surface area contributed by atoms with Crippen LogP contribution >= 0.6 is 11.5 Å². The minimum absolute atomic E-state index is 0.0290.